The van der Waals surface area contributed by atoms with Crippen LogP contribution in [0.15, 0.2) is 30.1 Å². The molecule has 31 heavy (non-hydrogen) atoms. The van der Waals surface area contributed by atoms with Crippen molar-refractivity contribution in [1.82, 2.24) is 9.78 Å². The van der Waals surface area contributed by atoms with Crippen LogP contribution in [0.2, 0.25) is 0 Å². The average Bonchev–Trinajstić information content (AvgIpc) is 3.37. The molecule has 0 aromatic carbocycles. The number of hydrogen-bond donors (Lipinski definition) is 1. The summed E-state index contributed by atoms with van der Waals surface area (Å²) in [6.07, 6.45) is 14.9. The first kappa shape index (κ1) is 22.8. The fourth-order valence-electron chi connectivity index (χ4n) is 7.90. The molecular formula is C27H42N2O2. The summed E-state index contributed by atoms with van der Waals surface area (Å²) in [6.45, 7) is 11.3. The zero-order valence-electron chi connectivity index (χ0n) is 20.2. The van der Waals surface area contributed by atoms with E-state index in [0.717, 1.165) is 32.1 Å². The number of hydrogen-bond acceptors (Lipinski definition) is 3. The molecule has 4 aliphatic carbocycles. The van der Waals surface area contributed by atoms with E-state index in [-0.39, 0.29) is 16.7 Å². The van der Waals surface area contributed by atoms with Crippen molar-refractivity contribution < 1.29 is 9.90 Å². The Bertz CT molecular complexity index is 826. The lowest BCUT2D eigenvalue weighted by atomic mass is 9.47. The highest BCUT2D eigenvalue weighted by Crippen LogP contribution is 2.66. The van der Waals surface area contributed by atoms with Crippen molar-refractivity contribution >= 4 is 5.78 Å². The Morgan fingerprint density at radius 1 is 1.16 bits per heavy atom. The van der Waals surface area contributed by atoms with Crippen molar-refractivity contribution in [3.05, 3.63) is 30.1 Å². The summed E-state index contributed by atoms with van der Waals surface area (Å²) >= 11 is 0. The van der Waals surface area contributed by atoms with Gasteiger partial charge in [-0.3, -0.25) is 9.48 Å². The second-order valence-corrected chi connectivity index (χ2v) is 11.3. The van der Waals surface area contributed by atoms with E-state index in [1.807, 2.05) is 33.0 Å². The van der Waals surface area contributed by atoms with Crippen LogP contribution in [-0.4, -0.2) is 26.3 Å². The highest BCUT2D eigenvalue weighted by molar-refractivity contribution is 5.82. The van der Waals surface area contributed by atoms with Crippen LogP contribution in [0.4, 0.5) is 0 Å². The maximum atomic E-state index is 13.2. The Balaban J connectivity index is 0.00000112. The number of aromatic nitrogens is 2. The van der Waals surface area contributed by atoms with Crippen molar-refractivity contribution in [3.8, 4) is 0 Å². The number of aliphatic hydroxyl groups is 1. The van der Waals surface area contributed by atoms with Crippen LogP contribution in [0.5, 0.6) is 0 Å². The van der Waals surface area contributed by atoms with Crippen molar-refractivity contribution in [1.29, 1.82) is 0 Å². The highest BCUT2D eigenvalue weighted by Gasteiger charge is 2.59. The lowest BCUT2D eigenvalue weighted by Gasteiger charge is -2.58. The lowest BCUT2D eigenvalue weighted by molar-refractivity contribution is -0.128. The van der Waals surface area contributed by atoms with Gasteiger partial charge in [0.05, 0.1) is 12.1 Å². The molecule has 5 rings (SSSR count). The summed E-state index contributed by atoms with van der Waals surface area (Å²) in [5.74, 6) is 2.41. The first-order valence-corrected chi connectivity index (χ1v) is 12.7. The van der Waals surface area contributed by atoms with Gasteiger partial charge in [-0.05, 0) is 92.9 Å². The Labute approximate surface area is 188 Å². The number of fused-ring (bicyclic) bond motifs is 5. The molecule has 1 heterocycles. The molecule has 1 aromatic heterocycles. The molecule has 1 aromatic rings. The molecule has 0 saturated heterocycles. The third-order valence-electron chi connectivity index (χ3n) is 9.58. The molecule has 0 unspecified atom stereocenters. The number of carbonyl (C=O) groups is 1. The molecule has 3 fully saturated rings. The molecule has 1 N–H and O–H groups in total. The molecule has 0 bridgehead atoms. The van der Waals surface area contributed by atoms with Crippen molar-refractivity contribution in [2.24, 2.45) is 34.5 Å². The maximum Gasteiger partial charge on any atom is 0.157 e. The smallest absolute Gasteiger partial charge is 0.157 e. The van der Waals surface area contributed by atoms with E-state index in [1.165, 1.54) is 19.3 Å². The van der Waals surface area contributed by atoms with E-state index >= 15 is 0 Å². The molecular weight excluding hydrogens is 384 g/mol. The molecule has 0 radical (unpaired) electrons. The van der Waals surface area contributed by atoms with E-state index in [9.17, 15) is 9.90 Å². The number of rotatable bonds is 3. The quantitative estimate of drug-likeness (QED) is 0.621. The van der Waals surface area contributed by atoms with Crippen LogP contribution in [0.3, 0.4) is 0 Å². The minimum Gasteiger partial charge on any atom is -0.390 e. The Hall–Kier alpha value is -1.42. The van der Waals surface area contributed by atoms with Crippen molar-refractivity contribution in [2.75, 3.05) is 0 Å². The number of Topliss-reactive ketones (excluding diaryl/α,β-unsaturated/α-hetero) is 1. The first-order chi connectivity index (χ1) is 14.7. The first-order valence-electron chi connectivity index (χ1n) is 12.7. The standard InChI is InChI=1S/C25H36N2O2.C2H6/c1-23(29)11-12-24(2)17(15-23)5-6-18-19-7-8-21(25(19,3)10-9-20(18)24)22(28)16-27-14-4-13-26-27;1-2/h4,9,13-14,17-19,21,29H,5-8,10-12,15-16H2,1-3H3;1-2H3/t17-,18-,19-,21+,23+,24-,25-;/m0./s1. The summed E-state index contributed by atoms with van der Waals surface area (Å²) in [5, 5.41) is 14.9. The van der Waals surface area contributed by atoms with E-state index < -0.39 is 5.60 Å². The SMILES string of the molecule is CC.C[C@@]1(O)CC[C@]2(C)C3=CC[C@]4(C)[C@@H](C(=O)Cn5cccn5)CC[C@H]4[C@@H]3CC[C@H]2C1. The van der Waals surface area contributed by atoms with E-state index in [0.29, 0.717) is 30.1 Å². The van der Waals surface area contributed by atoms with Gasteiger partial charge in [0.15, 0.2) is 5.78 Å². The van der Waals surface area contributed by atoms with Gasteiger partial charge in [0.25, 0.3) is 0 Å². The minimum atomic E-state index is -0.488. The highest BCUT2D eigenvalue weighted by atomic mass is 16.3. The zero-order valence-corrected chi connectivity index (χ0v) is 20.2. The topological polar surface area (TPSA) is 55.1 Å². The van der Waals surface area contributed by atoms with Crippen LogP contribution >= 0.6 is 0 Å². The molecule has 7 atom stereocenters. The van der Waals surface area contributed by atoms with Crippen molar-refractivity contribution in [2.45, 2.75) is 98.1 Å². The van der Waals surface area contributed by atoms with Gasteiger partial charge in [-0.2, -0.15) is 5.10 Å². The van der Waals surface area contributed by atoms with Gasteiger partial charge in [0.1, 0.15) is 0 Å². The third kappa shape index (κ3) is 3.73. The fraction of sp³-hybridized carbons (Fsp3) is 0.778. The van der Waals surface area contributed by atoms with Gasteiger partial charge in [-0.1, -0.05) is 39.3 Å². The molecule has 0 amide bonds. The largest absolute Gasteiger partial charge is 0.390 e. The Morgan fingerprint density at radius 3 is 2.65 bits per heavy atom. The monoisotopic (exact) mass is 426 g/mol. The number of carbonyl (C=O) groups excluding carboxylic acids is 1. The Morgan fingerprint density at radius 2 is 1.94 bits per heavy atom. The normalized spacial score (nSPS) is 43.6. The summed E-state index contributed by atoms with van der Waals surface area (Å²) in [4.78, 5) is 13.2. The van der Waals surface area contributed by atoms with Gasteiger partial charge < -0.3 is 5.11 Å². The second kappa shape index (κ2) is 8.17. The summed E-state index contributed by atoms with van der Waals surface area (Å²) in [5.41, 5.74) is 1.55. The molecule has 0 spiro atoms. The molecule has 172 valence electrons. The van der Waals surface area contributed by atoms with Gasteiger partial charge >= 0.3 is 0 Å². The molecule has 4 heteroatoms. The summed E-state index contributed by atoms with van der Waals surface area (Å²) in [6, 6.07) is 1.89. The Kier molecular flexibility index (Phi) is 6.00. The summed E-state index contributed by atoms with van der Waals surface area (Å²) in [7, 11) is 0. The predicted molar refractivity (Wildman–Crippen MR) is 124 cm³/mol. The van der Waals surface area contributed by atoms with Gasteiger partial charge in [-0.15, -0.1) is 0 Å². The van der Waals surface area contributed by atoms with E-state index in [2.05, 4.69) is 25.0 Å². The van der Waals surface area contributed by atoms with Crippen LogP contribution in [0.1, 0.15) is 86.0 Å². The molecule has 4 aliphatic rings. The van der Waals surface area contributed by atoms with Crippen LogP contribution in [0, 0.1) is 34.5 Å². The van der Waals surface area contributed by atoms with Gasteiger partial charge in [0, 0.05) is 18.3 Å². The van der Waals surface area contributed by atoms with Gasteiger partial charge in [0.2, 0.25) is 0 Å². The zero-order chi connectivity index (χ0) is 22.4. The molecule has 0 aliphatic heterocycles. The molecule has 4 nitrogen and oxygen atoms in total. The lowest BCUT2D eigenvalue weighted by Crippen LogP contribution is -2.51. The summed E-state index contributed by atoms with van der Waals surface area (Å²) < 4.78 is 1.78. The van der Waals surface area contributed by atoms with Crippen LogP contribution in [0.25, 0.3) is 0 Å². The third-order valence-corrected chi connectivity index (χ3v) is 9.58. The van der Waals surface area contributed by atoms with Crippen LogP contribution in [-0.2, 0) is 11.3 Å². The second-order valence-electron chi connectivity index (χ2n) is 11.3. The van der Waals surface area contributed by atoms with E-state index in [4.69, 9.17) is 0 Å². The number of ketones is 1. The average molecular weight is 427 g/mol. The fourth-order valence-corrected chi connectivity index (χ4v) is 7.90. The molecule has 3 saturated carbocycles. The van der Waals surface area contributed by atoms with E-state index in [1.54, 1.807) is 16.5 Å². The van der Waals surface area contributed by atoms with Crippen molar-refractivity contribution in [3.63, 3.8) is 0 Å². The predicted octanol–water partition coefficient (Wildman–Crippen LogP) is 5.81. The van der Waals surface area contributed by atoms with Crippen LogP contribution < -0.4 is 0 Å². The number of nitrogens with zero attached hydrogens (tertiary/aromatic N) is 2. The minimum absolute atomic E-state index is 0.0990. The van der Waals surface area contributed by atoms with Gasteiger partial charge in [-0.25, -0.2) is 0 Å². The number of allylic oxidation sites excluding steroid dienone is 2. The maximum absolute atomic E-state index is 13.2.